The first-order valence-corrected chi connectivity index (χ1v) is 2.37. The Hall–Kier alpha value is -0.0400. The van der Waals surface area contributed by atoms with Crippen LogP contribution in [0.5, 0.6) is 0 Å². The first-order valence-electron chi connectivity index (χ1n) is 2.37. The maximum atomic E-state index is 8.22. The van der Waals surface area contributed by atoms with E-state index in [1.165, 1.54) is 12.8 Å². The van der Waals surface area contributed by atoms with Crippen molar-refractivity contribution in [3.05, 3.63) is 6.42 Å². The summed E-state index contributed by atoms with van der Waals surface area (Å²) in [7, 11) is 0. The van der Waals surface area contributed by atoms with E-state index in [0.29, 0.717) is 0 Å². The molecule has 0 spiro atoms. The van der Waals surface area contributed by atoms with Crippen molar-refractivity contribution in [2.45, 2.75) is 12.8 Å². The Kier molecular flexibility index (Phi) is 1.10. The van der Waals surface area contributed by atoms with E-state index >= 15 is 0 Å². The molecule has 0 amide bonds. The molecule has 0 aliphatic heterocycles. The smallest absolute Gasteiger partial charge is 0.0465 e. The van der Waals surface area contributed by atoms with Crippen LogP contribution in [-0.2, 0) is 0 Å². The van der Waals surface area contributed by atoms with Gasteiger partial charge in [0, 0.05) is 6.61 Å². The van der Waals surface area contributed by atoms with Gasteiger partial charge in [-0.2, -0.15) is 0 Å². The molecule has 0 bridgehead atoms. The Bertz CT molecular complexity index is 39.2. The molecule has 1 rings (SSSR count). The SMILES string of the molecule is OC[CH]C1CC1. The fraction of sp³-hybridized carbons (Fsp3) is 0.800. The van der Waals surface area contributed by atoms with E-state index in [4.69, 9.17) is 5.11 Å². The van der Waals surface area contributed by atoms with E-state index in [1.807, 2.05) is 6.42 Å². The van der Waals surface area contributed by atoms with Crippen molar-refractivity contribution in [1.82, 2.24) is 0 Å². The molecule has 0 heterocycles. The zero-order valence-corrected chi connectivity index (χ0v) is 3.72. The highest BCUT2D eigenvalue weighted by Crippen LogP contribution is 2.30. The molecule has 0 aromatic carbocycles. The zero-order chi connectivity index (χ0) is 4.41. The third-order valence-corrected chi connectivity index (χ3v) is 1.06. The van der Waals surface area contributed by atoms with Gasteiger partial charge in [-0.3, -0.25) is 0 Å². The van der Waals surface area contributed by atoms with Gasteiger partial charge >= 0.3 is 0 Å². The van der Waals surface area contributed by atoms with Crippen LogP contribution in [0.3, 0.4) is 0 Å². The van der Waals surface area contributed by atoms with Gasteiger partial charge in [-0.15, -0.1) is 0 Å². The van der Waals surface area contributed by atoms with E-state index in [0.717, 1.165) is 5.92 Å². The van der Waals surface area contributed by atoms with Gasteiger partial charge in [-0.1, -0.05) is 0 Å². The third-order valence-electron chi connectivity index (χ3n) is 1.06. The molecule has 0 atom stereocenters. The lowest BCUT2D eigenvalue weighted by atomic mass is 10.3. The van der Waals surface area contributed by atoms with E-state index < -0.39 is 0 Å². The molecule has 1 radical (unpaired) electrons. The molecule has 1 fully saturated rings. The number of hydrogen-bond acceptors (Lipinski definition) is 1. The first-order chi connectivity index (χ1) is 2.93. The maximum absolute atomic E-state index is 8.22. The van der Waals surface area contributed by atoms with Gasteiger partial charge in [0.2, 0.25) is 0 Å². The largest absolute Gasteiger partial charge is 0.396 e. The molecule has 6 heavy (non-hydrogen) atoms. The second kappa shape index (κ2) is 1.61. The second-order valence-electron chi connectivity index (χ2n) is 1.76. The third kappa shape index (κ3) is 0.977. The van der Waals surface area contributed by atoms with Gasteiger partial charge in [-0.05, 0) is 25.2 Å². The van der Waals surface area contributed by atoms with Crippen LogP contribution in [0.15, 0.2) is 0 Å². The van der Waals surface area contributed by atoms with Crippen LogP contribution in [0.2, 0.25) is 0 Å². The highest BCUT2D eigenvalue weighted by Gasteiger charge is 2.19. The Labute approximate surface area is 38.0 Å². The lowest BCUT2D eigenvalue weighted by molar-refractivity contribution is 0.321. The minimum absolute atomic E-state index is 0.269. The number of hydrogen-bond donors (Lipinski definition) is 1. The molecule has 1 saturated carbocycles. The van der Waals surface area contributed by atoms with Crippen LogP contribution in [0.4, 0.5) is 0 Å². The zero-order valence-electron chi connectivity index (χ0n) is 3.72. The summed E-state index contributed by atoms with van der Waals surface area (Å²) in [5.41, 5.74) is 0. The van der Waals surface area contributed by atoms with Crippen molar-refractivity contribution >= 4 is 0 Å². The summed E-state index contributed by atoms with van der Waals surface area (Å²) in [6, 6.07) is 0. The van der Waals surface area contributed by atoms with Crippen molar-refractivity contribution in [3.63, 3.8) is 0 Å². The monoisotopic (exact) mass is 85.1 g/mol. The lowest BCUT2D eigenvalue weighted by Crippen LogP contribution is -1.82. The highest BCUT2D eigenvalue weighted by molar-refractivity contribution is 4.85. The van der Waals surface area contributed by atoms with Crippen molar-refractivity contribution in [2.24, 2.45) is 5.92 Å². The maximum Gasteiger partial charge on any atom is 0.0465 e. The van der Waals surface area contributed by atoms with Crippen molar-refractivity contribution in [2.75, 3.05) is 6.61 Å². The van der Waals surface area contributed by atoms with Crippen LogP contribution in [0.1, 0.15) is 12.8 Å². The summed E-state index contributed by atoms with van der Waals surface area (Å²) in [6.45, 7) is 0.269. The summed E-state index contributed by atoms with van der Waals surface area (Å²) >= 11 is 0. The van der Waals surface area contributed by atoms with Gasteiger partial charge in [0.25, 0.3) is 0 Å². The van der Waals surface area contributed by atoms with E-state index in [1.54, 1.807) is 0 Å². The molecule has 1 nitrogen and oxygen atoms in total. The molecule has 35 valence electrons. The molecule has 1 heteroatoms. The average Bonchev–Trinajstić information content (AvgIpc) is 2.21. The Balaban J connectivity index is 1.88. The average molecular weight is 85.1 g/mol. The molecular formula is C5H9O. The van der Waals surface area contributed by atoms with Gasteiger partial charge in [-0.25, -0.2) is 0 Å². The van der Waals surface area contributed by atoms with Crippen molar-refractivity contribution < 1.29 is 5.11 Å². The predicted octanol–water partition coefficient (Wildman–Crippen LogP) is 0.593. The van der Waals surface area contributed by atoms with Crippen LogP contribution < -0.4 is 0 Å². The molecular weight excluding hydrogens is 76.1 g/mol. The van der Waals surface area contributed by atoms with E-state index in [2.05, 4.69) is 0 Å². The van der Waals surface area contributed by atoms with Crippen LogP contribution in [-0.4, -0.2) is 11.7 Å². The van der Waals surface area contributed by atoms with Crippen molar-refractivity contribution in [1.29, 1.82) is 0 Å². The van der Waals surface area contributed by atoms with Gasteiger partial charge in [0.05, 0.1) is 0 Å². The van der Waals surface area contributed by atoms with Crippen LogP contribution in [0, 0.1) is 12.3 Å². The van der Waals surface area contributed by atoms with Crippen LogP contribution in [0.25, 0.3) is 0 Å². The summed E-state index contributed by atoms with van der Waals surface area (Å²) < 4.78 is 0. The van der Waals surface area contributed by atoms with Gasteiger partial charge in [0.15, 0.2) is 0 Å². The predicted molar refractivity (Wildman–Crippen MR) is 24.1 cm³/mol. The Morgan fingerprint density at radius 2 is 2.33 bits per heavy atom. The summed E-state index contributed by atoms with van der Waals surface area (Å²) in [6.07, 6.45) is 4.57. The minimum Gasteiger partial charge on any atom is -0.396 e. The summed E-state index contributed by atoms with van der Waals surface area (Å²) in [4.78, 5) is 0. The molecule has 0 unspecified atom stereocenters. The molecule has 1 aliphatic rings. The Morgan fingerprint density at radius 1 is 1.67 bits per heavy atom. The van der Waals surface area contributed by atoms with E-state index in [-0.39, 0.29) is 6.61 Å². The fourth-order valence-electron chi connectivity index (χ4n) is 0.481. The number of aliphatic hydroxyl groups excluding tert-OH is 1. The molecule has 0 aromatic heterocycles. The van der Waals surface area contributed by atoms with Crippen molar-refractivity contribution in [3.8, 4) is 0 Å². The summed E-state index contributed by atoms with van der Waals surface area (Å²) in [5, 5.41) is 8.22. The molecule has 0 saturated heterocycles. The Morgan fingerprint density at radius 3 is 2.50 bits per heavy atom. The second-order valence-corrected chi connectivity index (χ2v) is 1.76. The lowest BCUT2D eigenvalue weighted by Gasteiger charge is -1.82. The summed E-state index contributed by atoms with van der Waals surface area (Å²) in [5.74, 6) is 0.773. The topological polar surface area (TPSA) is 20.2 Å². The van der Waals surface area contributed by atoms with Crippen LogP contribution >= 0.6 is 0 Å². The normalized spacial score (nSPS) is 21.5. The first kappa shape index (κ1) is 4.13. The minimum atomic E-state index is 0.269. The van der Waals surface area contributed by atoms with Gasteiger partial charge < -0.3 is 5.11 Å². The number of aliphatic hydroxyl groups is 1. The van der Waals surface area contributed by atoms with E-state index in [9.17, 15) is 0 Å². The van der Waals surface area contributed by atoms with Gasteiger partial charge in [0.1, 0.15) is 0 Å². The fourth-order valence-corrected chi connectivity index (χ4v) is 0.481. The highest BCUT2D eigenvalue weighted by atomic mass is 16.3. The quantitative estimate of drug-likeness (QED) is 0.520. The standard InChI is InChI=1S/C5H9O/c6-4-3-5-1-2-5/h3,5-6H,1-2,4H2. The number of rotatable bonds is 2. The molecule has 1 aliphatic carbocycles. The molecule has 0 aromatic rings. The molecule has 1 N–H and O–H groups in total.